The topological polar surface area (TPSA) is 0 Å². The summed E-state index contributed by atoms with van der Waals surface area (Å²) < 4.78 is 0. The van der Waals surface area contributed by atoms with Crippen LogP contribution in [0.3, 0.4) is 0 Å². The van der Waals surface area contributed by atoms with E-state index in [0.717, 1.165) is 11.1 Å². The van der Waals surface area contributed by atoms with E-state index in [4.69, 9.17) is 12.8 Å². The fourth-order valence-corrected chi connectivity index (χ4v) is 21.9. The van der Waals surface area contributed by atoms with Crippen LogP contribution in [0.25, 0.3) is 22.3 Å². The van der Waals surface area contributed by atoms with E-state index in [-0.39, 0.29) is 44.8 Å². The van der Waals surface area contributed by atoms with E-state index >= 15 is 0 Å². The molecule has 2 aliphatic rings. The molecular weight excluding hydrogens is 1200 g/mol. The number of hydrogen-bond donors (Lipinski definition) is 0. The van der Waals surface area contributed by atoms with Crippen molar-refractivity contribution in [1.29, 1.82) is 0 Å². The van der Waals surface area contributed by atoms with Crippen LogP contribution in [-0.2, 0) is 44.8 Å². The Balaban J connectivity index is 0.000000182. The van der Waals surface area contributed by atoms with Gasteiger partial charge in [0.15, 0.2) is 5.90 Å². The van der Waals surface area contributed by atoms with Gasteiger partial charge in [-0.2, -0.15) is 0 Å². The van der Waals surface area contributed by atoms with Crippen LogP contribution in [-0.4, -0.2) is 22.1 Å². The largest absolute Gasteiger partial charge is 1.00 e. The van der Waals surface area contributed by atoms with Gasteiger partial charge in [-0.05, 0) is 85.5 Å². The molecule has 0 amide bonds. The molecule has 0 aliphatic carbocycles. The van der Waals surface area contributed by atoms with Gasteiger partial charge in [0, 0.05) is 0 Å². The van der Waals surface area contributed by atoms with E-state index in [2.05, 4.69) is 226 Å². The second-order valence-electron chi connectivity index (χ2n) is 16.4. The van der Waals surface area contributed by atoms with Crippen molar-refractivity contribution in [2.75, 3.05) is 5.90 Å². The zero-order valence-corrected chi connectivity index (χ0v) is 44.5. The minimum Gasteiger partial charge on any atom is -0.366 e. The molecule has 0 nitrogen and oxygen atoms in total. The average molecular weight is 1250 g/mol. The Morgan fingerprint density at radius 2 is 0.841 bits per heavy atom. The molecule has 0 spiro atoms. The fourth-order valence-electron chi connectivity index (χ4n) is 8.66. The fraction of sp³-hybridized carbons (Fsp3) is 0.0877. The van der Waals surface area contributed by atoms with Gasteiger partial charge >= 0.3 is 44.8 Å². The maximum absolute atomic E-state index is 7.25. The van der Waals surface area contributed by atoms with E-state index in [0.29, 0.717) is 0 Å². The van der Waals surface area contributed by atoms with Crippen molar-refractivity contribution in [3.05, 3.63) is 237 Å². The molecular formula is C57H52Au2P2Si2+2. The van der Waals surface area contributed by atoms with Crippen LogP contribution in [0.4, 0.5) is 0 Å². The summed E-state index contributed by atoms with van der Waals surface area (Å²) in [5.74, 6) is 8.62. The summed E-state index contributed by atoms with van der Waals surface area (Å²) in [6.07, 6.45) is 22.6. The van der Waals surface area contributed by atoms with E-state index in [1.807, 2.05) is 24.3 Å². The molecule has 0 fully saturated rings. The van der Waals surface area contributed by atoms with Crippen molar-refractivity contribution < 1.29 is 44.8 Å². The standard InChI is InChI=1S/C25H24P2.2C16H13Si.2Au/c1-2-3-4-14-21-26(23-15-8-5-9-16-23)22-27(24-17-10-6-11-18-24)25-19-12-7-13-20-25;2*1-4-12-9-10-16-14(11-12)13-7-5-6-8-15(13)17(16,2)3;;/h2-21H,1,22H2;2*5-11H,2-3H3;;/q;2*-1;2*+1/p+2/b4-3-,21-14+;;;;. The van der Waals surface area contributed by atoms with Crippen LogP contribution in [0.15, 0.2) is 213 Å². The number of benzene rings is 7. The molecule has 63 heavy (non-hydrogen) atoms. The van der Waals surface area contributed by atoms with Gasteiger partial charge in [-0.25, -0.2) is 0 Å². The normalized spacial score (nSPS) is 13.4. The van der Waals surface area contributed by atoms with Crippen LogP contribution >= 0.6 is 15.8 Å². The van der Waals surface area contributed by atoms with Gasteiger partial charge in [-0.1, -0.05) is 166 Å². The van der Waals surface area contributed by atoms with Gasteiger partial charge in [0.1, 0.15) is 34.7 Å². The molecule has 0 N–H and O–H groups in total. The van der Waals surface area contributed by atoms with Gasteiger partial charge in [0.2, 0.25) is 0 Å². The van der Waals surface area contributed by atoms with Gasteiger partial charge in [0.05, 0.1) is 19.0 Å². The average Bonchev–Trinajstić information content (AvgIpc) is 3.68. The van der Waals surface area contributed by atoms with Crippen LogP contribution in [0.5, 0.6) is 0 Å². The molecule has 1 unspecified atom stereocenters. The zero-order chi connectivity index (χ0) is 42.8. The molecule has 9 rings (SSSR count). The Kier molecular flexibility index (Phi) is 18.1. The quantitative estimate of drug-likeness (QED) is 0.0468. The summed E-state index contributed by atoms with van der Waals surface area (Å²) in [5, 5.41) is 10.4. The van der Waals surface area contributed by atoms with E-state index < -0.39 is 32.0 Å². The summed E-state index contributed by atoms with van der Waals surface area (Å²) in [6, 6.07) is 63.0. The van der Waals surface area contributed by atoms with Crippen molar-refractivity contribution in [2.45, 2.75) is 26.2 Å². The molecule has 7 aromatic rings. The Hall–Kier alpha value is -4.35. The Morgan fingerprint density at radius 3 is 1.25 bits per heavy atom. The molecule has 6 heteroatoms. The smallest absolute Gasteiger partial charge is 0.366 e. The molecule has 2 aliphatic heterocycles. The summed E-state index contributed by atoms with van der Waals surface area (Å²) in [4.78, 5) is 0. The second-order valence-corrected chi connectivity index (χ2v) is 30.5. The SMILES string of the molecule is C=C/C=C\C=C\[PH+](C[PH+](c1ccccc1)c1ccccc1)c1ccccc1.[Au+].[Au+].[C-]#Cc1ccc2c(c1)-c1ccccc1[Si]2(C)C.[C-]#Cc1ccc2c(c1)-c1ccccc1[Si]2(C)C. The molecule has 0 saturated carbocycles. The predicted molar refractivity (Wildman–Crippen MR) is 278 cm³/mol. The molecule has 0 radical (unpaired) electrons. The minimum absolute atomic E-state index is 0. The molecule has 7 aromatic carbocycles. The van der Waals surface area contributed by atoms with Crippen LogP contribution in [0.1, 0.15) is 11.1 Å². The Labute approximate surface area is 412 Å². The van der Waals surface area contributed by atoms with Gasteiger partial charge in [-0.3, -0.25) is 11.8 Å². The monoisotopic (exact) mass is 1250 g/mol. The first-order chi connectivity index (χ1) is 29.7. The molecule has 0 bridgehead atoms. The first-order valence-corrected chi connectivity index (χ1v) is 30.3. The molecule has 0 aromatic heterocycles. The molecule has 2 heterocycles. The second kappa shape index (κ2) is 23.0. The van der Waals surface area contributed by atoms with Crippen molar-refractivity contribution >= 4 is 68.7 Å². The maximum Gasteiger partial charge on any atom is 1.00 e. The Morgan fingerprint density at radius 1 is 0.460 bits per heavy atom. The summed E-state index contributed by atoms with van der Waals surface area (Å²) >= 11 is 0. The van der Waals surface area contributed by atoms with Crippen LogP contribution < -0.4 is 36.7 Å². The van der Waals surface area contributed by atoms with Crippen molar-refractivity contribution in [3.63, 3.8) is 0 Å². The van der Waals surface area contributed by atoms with Crippen LogP contribution in [0.2, 0.25) is 26.2 Å². The number of hydrogen-bond acceptors (Lipinski definition) is 0. The maximum atomic E-state index is 7.25. The molecule has 318 valence electrons. The van der Waals surface area contributed by atoms with Gasteiger partial charge in [0.25, 0.3) is 0 Å². The third-order valence-electron chi connectivity index (χ3n) is 11.9. The van der Waals surface area contributed by atoms with Crippen molar-refractivity contribution in [1.82, 2.24) is 0 Å². The summed E-state index contributed by atoms with van der Waals surface area (Å²) in [7, 11) is -4.67. The number of fused-ring (bicyclic) bond motifs is 6. The van der Waals surface area contributed by atoms with Crippen LogP contribution in [0, 0.1) is 24.7 Å². The summed E-state index contributed by atoms with van der Waals surface area (Å²) in [5.41, 5.74) is 7.08. The van der Waals surface area contributed by atoms with Gasteiger partial charge in [-0.15, -0.1) is 35.4 Å². The minimum atomic E-state index is -1.51. The predicted octanol–water partition coefficient (Wildman–Crippen LogP) is 10.5. The Bertz CT molecular complexity index is 2630. The zero-order valence-electron chi connectivity index (χ0n) is 36.1. The van der Waals surface area contributed by atoms with E-state index in [1.165, 1.54) is 64.8 Å². The van der Waals surface area contributed by atoms with Crippen molar-refractivity contribution in [2.24, 2.45) is 0 Å². The summed E-state index contributed by atoms with van der Waals surface area (Å²) in [6.45, 7) is 13.3. The third kappa shape index (κ3) is 11.3. The molecule has 0 saturated heterocycles. The third-order valence-corrected chi connectivity index (χ3v) is 25.7. The first-order valence-electron chi connectivity index (χ1n) is 20.9. The van der Waals surface area contributed by atoms with E-state index in [9.17, 15) is 0 Å². The number of allylic oxidation sites excluding steroid dienone is 4. The number of rotatable bonds is 8. The van der Waals surface area contributed by atoms with E-state index in [1.54, 1.807) is 0 Å². The molecule has 1 atom stereocenters. The van der Waals surface area contributed by atoms with Crippen molar-refractivity contribution in [3.8, 4) is 34.1 Å². The van der Waals surface area contributed by atoms with Gasteiger partial charge < -0.3 is 12.8 Å². The first kappa shape index (κ1) is 49.7.